The van der Waals surface area contributed by atoms with Gasteiger partial charge in [0, 0.05) is 23.0 Å². The Balaban J connectivity index is 1.61. The molecular weight excluding hydrogens is 395 g/mol. The third-order valence-electron chi connectivity index (χ3n) is 4.64. The van der Waals surface area contributed by atoms with Crippen molar-refractivity contribution < 1.29 is 18.4 Å². The van der Waals surface area contributed by atoms with E-state index in [1.807, 2.05) is 0 Å². The number of fused-ring (bicyclic) bond motifs is 1. The van der Waals surface area contributed by atoms with E-state index in [-0.39, 0.29) is 17.5 Å². The Hall–Kier alpha value is -3.38. The second-order valence-corrected chi connectivity index (χ2v) is 6.96. The van der Waals surface area contributed by atoms with E-state index >= 15 is 0 Å². The summed E-state index contributed by atoms with van der Waals surface area (Å²) in [7, 11) is 0. The molecule has 0 saturated carbocycles. The number of aromatic nitrogens is 1. The van der Waals surface area contributed by atoms with E-state index in [4.69, 9.17) is 16.0 Å². The molecule has 1 N–H and O–H groups in total. The fourth-order valence-corrected chi connectivity index (χ4v) is 3.33. The molecule has 4 aromatic rings. The number of benzene rings is 2. The molecule has 0 bridgehead atoms. The smallest absolute Gasteiger partial charge is 0.251 e. The van der Waals surface area contributed by atoms with Crippen LogP contribution in [0.2, 0.25) is 5.02 Å². The van der Waals surface area contributed by atoms with Crippen LogP contribution in [0, 0.1) is 5.82 Å². The Morgan fingerprint density at radius 3 is 2.76 bits per heavy atom. The first-order valence-electron chi connectivity index (χ1n) is 8.88. The van der Waals surface area contributed by atoms with Crippen LogP contribution in [0.5, 0.6) is 0 Å². The lowest BCUT2D eigenvalue weighted by molar-refractivity contribution is 0.0948. The van der Waals surface area contributed by atoms with Gasteiger partial charge in [-0.15, -0.1) is 0 Å². The second kappa shape index (κ2) is 7.93. The first-order valence-corrected chi connectivity index (χ1v) is 9.26. The van der Waals surface area contributed by atoms with Gasteiger partial charge >= 0.3 is 0 Å². The molecule has 2 aromatic heterocycles. The van der Waals surface area contributed by atoms with E-state index in [0.717, 1.165) is 17.2 Å². The van der Waals surface area contributed by atoms with E-state index in [9.17, 15) is 14.0 Å². The molecule has 0 radical (unpaired) electrons. The topological polar surface area (TPSA) is 64.2 Å². The molecule has 0 spiro atoms. The predicted molar refractivity (Wildman–Crippen MR) is 108 cm³/mol. The molecule has 29 heavy (non-hydrogen) atoms. The molecule has 2 heterocycles. The third kappa shape index (κ3) is 3.93. The van der Waals surface area contributed by atoms with Gasteiger partial charge in [0.25, 0.3) is 5.91 Å². The van der Waals surface area contributed by atoms with E-state index in [0.29, 0.717) is 29.1 Å². The zero-order valence-corrected chi connectivity index (χ0v) is 15.9. The van der Waals surface area contributed by atoms with E-state index in [1.54, 1.807) is 53.3 Å². The minimum atomic E-state index is -0.510. The molecule has 0 aliphatic carbocycles. The fourth-order valence-electron chi connectivity index (χ4n) is 3.21. The molecular formula is C22H16ClFN2O3. The monoisotopic (exact) mass is 410 g/mol. The summed E-state index contributed by atoms with van der Waals surface area (Å²) in [6.45, 7) is 0.586. The first kappa shape index (κ1) is 19.0. The van der Waals surface area contributed by atoms with Crippen LogP contribution in [0.4, 0.5) is 4.39 Å². The summed E-state index contributed by atoms with van der Waals surface area (Å²) >= 11 is 5.74. The zero-order chi connectivity index (χ0) is 20.4. The minimum Gasteiger partial charge on any atom is -0.467 e. The number of amides is 1. The molecule has 0 fully saturated rings. The Kier molecular flexibility index (Phi) is 5.18. The van der Waals surface area contributed by atoms with Gasteiger partial charge in [0.2, 0.25) is 0 Å². The van der Waals surface area contributed by atoms with Crippen molar-refractivity contribution in [3.63, 3.8) is 0 Å². The average Bonchev–Trinajstić information content (AvgIpc) is 3.36. The van der Waals surface area contributed by atoms with Crippen LogP contribution >= 0.6 is 11.6 Å². The lowest BCUT2D eigenvalue weighted by Gasteiger charge is -2.09. The van der Waals surface area contributed by atoms with Crippen LogP contribution in [-0.2, 0) is 13.1 Å². The molecule has 0 unspecified atom stereocenters. The van der Waals surface area contributed by atoms with Gasteiger partial charge < -0.3 is 14.3 Å². The molecule has 0 saturated heterocycles. The summed E-state index contributed by atoms with van der Waals surface area (Å²) in [5.41, 5.74) is 2.34. The molecule has 5 nitrogen and oxygen atoms in total. The third-order valence-corrected chi connectivity index (χ3v) is 4.95. The van der Waals surface area contributed by atoms with Crippen LogP contribution < -0.4 is 5.32 Å². The maximum atomic E-state index is 13.8. The van der Waals surface area contributed by atoms with Gasteiger partial charge in [-0.05, 0) is 54.1 Å². The summed E-state index contributed by atoms with van der Waals surface area (Å²) in [6.07, 6.45) is 2.28. The normalized spacial score (nSPS) is 11.0. The molecule has 7 heteroatoms. The highest BCUT2D eigenvalue weighted by molar-refractivity contribution is 6.30. The number of carbonyl (C=O) groups is 2. The number of rotatable bonds is 6. The maximum Gasteiger partial charge on any atom is 0.251 e. The molecule has 0 aliphatic heterocycles. The van der Waals surface area contributed by atoms with Crippen LogP contribution in [-0.4, -0.2) is 16.8 Å². The molecule has 2 aromatic carbocycles. The minimum absolute atomic E-state index is 0.0481. The van der Waals surface area contributed by atoms with Gasteiger partial charge in [-0.1, -0.05) is 17.7 Å². The van der Waals surface area contributed by atoms with Crippen molar-refractivity contribution in [2.75, 3.05) is 0 Å². The summed E-state index contributed by atoms with van der Waals surface area (Å²) in [5, 5.41) is 3.58. The number of hydrogen-bond acceptors (Lipinski definition) is 3. The number of aldehydes is 1. The van der Waals surface area contributed by atoms with E-state index in [2.05, 4.69) is 5.32 Å². The summed E-state index contributed by atoms with van der Waals surface area (Å²) in [6, 6.07) is 15.0. The van der Waals surface area contributed by atoms with Gasteiger partial charge in [-0.3, -0.25) is 9.59 Å². The molecule has 0 aliphatic rings. The van der Waals surface area contributed by atoms with Crippen LogP contribution in [0.1, 0.15) is 32.2 Å². The average molecular weight is 411 g/mol. The molecule has 0 atom stereocenters. The summed E-state index contributed by atoms with van der Waals surface area (Å²) < 4.78 is 20.7. The van der Waals surface area contributed by atoms with Crippen molar-refractivity contribution in [1.29, 1.82) is 0 Å². The summed E-state index contributed by atoms with van der Waals surface area (Å²) in [5.74, 6) is -0.101. The number of carbonyl (C=O) groups excluding carboxylic acids is 2. The van der Waals surface area contributed by atoms with Crippen molar-refractivity contribution >= 4 is 34.7 Å². The largest absolute Gasteiger partial charge is 0.467 e. The highest BCUT2D eigenvalue weighted by Crippen LogP contribution is 2.23. The van der Waals surface area contributed by atoms with E-state index in [1.165, 1.54) is 12.1 Å². The lowest BCUT2D eigenvalue weighted by Crippen LogP contribution is -2.22. The van der Waals surface area contributed by atoms with E-state index < -0.39 is 5.82 Å². The Morgan fingerprint density at radius 1 is 1.17 bits per heavy atom. The maximum absolute atomic E-state index is 13.8. The van der Waals surface area contributed by atoms with Crippen LogP contribution in [0.25, 0.3) is 10.9 Å². The molecule has 1 amide bonds. The highest BCUT2D eigenvalue weighted by atomic mass is 35.5. The number of hydrogen-bond donors (Lipinski definition) is 1. The lowest BCUT2D eigenvalue weighted by atomic mass is 10.1. The summed E-state index contributed by atoms with van der Waals surface area (Å²) in [4.78, 5) is 24.0. The second-order valence-electron chi connectivity index (χ2n) is 6.56. The predicted octanol–water partition coefficient (Wildman–Crippen LogP) is 4.82. The SMILES string of the molecule is O=Cc1cc2cc(C(=O)NCc3ccco3)ccc2n1Cc1ccc(Cl)c(F)c1. The number of halogens is 2. The standard InChI is InChI=1S/C22H16ClFN2O3/c23-19-5-3-14(8-20(19)24)12-26-17(13-27)10-16-9-15(4-6-21(16)26)22(28)25-11-18-2-1-7-29-18/h1-10,13H,11-12H2,(H,25,28). The number of furan rings is 1. The Morgan fingerprint density at radius 2 is 2.03 bits per heavy atom. The van der Waals surface area contributed by atoms with Gasteiger partial charge in [-0.2, -0.15) is 0 Å². The first-order chi connectivity index (χ1) is 14.0. The molecule has 146 valence electrons. The van der Waals surface area contributed by atoms with Crippen LogP contribution in [0.3, 0.4) is 0 Å². The van der Waals surface area contributed by atoms with Crippen molar-refractivity contribution in [3.05, 3.63) is 94.3 Å². The van der Waals surface area contributed by atoms with Gasteiger partial charge in [0.15, 0.2) is 6.29 Å². The van der Waals surface area contributed by atoms with Crippen molar-refractivity contribution in [2.45, 2.75) is 13.1 Å². The van der Waals surface area contributed by atoms with Gasteiger partial charge in [0.05, 0.1) is 23.5 Å². The highest BCUT2D eigenvalue weighted by Gasteiger charge is 2.13. The Labute approximate surface area is 170 Å². The quantitative estimate of drug-likeness (QED) is 0.463. The van der Waals surface area contributed by atoms with Gasteiger partial charge in [0.1, 0.15) is 11.6 Å². The Bertz CT molecular complexity index is 1200. The number of nitrogens with one attached hydrogen (secondary N) is 1. The zero-order valence-electron chi connectivity index (χ0n) is 15.2. The van der Waals surface area contributed by atoms with Crippen LogP contribution in [0.15, 0.2) is 65.3 Å². The van der Waals surface area contributed by atoms with Crippen molar-refractivity contribution in [2.24, 2.45) is 0 Å². The number of nitrogens with zero attached hydrogens (tertiary/aromatic N) is 1. The fraction of sp³-hybridized carbons (Fsp3) is 0.0909. The van der Waals surface area contributed by atoms with Crippen molar-refractivity contribution in [1.82, 2.24) is 9.88 Å². The molecule has 4 rings (SSSR count). The van der Waals surface area contributed by atoms with Gasteiger partial charge in [-0.25, -0.2) is 4.39 Å². The van der Waals surface area contributed by atoms with Crippen molar-refractivity contribution in [3.8, 4) is 0 Å².